The highest BCUT2D eigenvalue weighted by molar-refractivity contribution is 5.94. The summed E-state index contributed by atoms with van der Waals surface area (Å²) >= 11 is 0. The van der Waals surface area contributed by atoms with Crippen molar-refractivity contribution in [2.24, 2.45) is 11.7 Å². The van der Waals surface area contributed by atoms with Gasteiger partial charge < -0.3 is 11.1 Å². The first-order valence-corrected chi connectivity index (χ1v) is 6.54. The maximum atomic E-state index is 13.0. The Labute approximate surface area is 111 Å². The Morgan fingerprint density at radius 3 is 2.32 bits per heavy atom. The van der Waals surface area contributed by atoms with Crippen LogP contribution in [-0.4, -0.2) is 18.5 Å². The predicted octanol–water partition coefficient (Wildman–Crippen LogP) is 2.21. The summed E-state index contributed by atoms with van der Waals surface area (Å²) in [6, 6.07) is 3.09. The van der Waals surface area contributed by atoms with Gasteiger partial charge in [0.05, 0.1) is 0 Å². The molecule has 0 saturated heterocycles. The molecule has 1 aromatic carbocycles. The lowest BCUT2D eigenvalue weighted by atomic mass is 9.86. The van der Waals surface area contributed by atoms with Crippen molar-refractivity contribution in [1.29, 1.82) is 0 Å². The number of halogens is 2. The van der Waals surface area contributed by atoms with Crippen LogP contribution in [0.5, 0.6) is 0 Å². The zero-order chi connectivity index (χ0) is 13.8. The summed E-state index contributed by atoms with van der Waals surface area (Å²) in [5.74, 6) is -1.52. The molecule has 1 saturated carbocycles. The minimum atomic E-state index is -0.742. The first-order valence-electron chi connectivity index (χ1n) is 6.54. The number of hydrogen-bond donors (Lipinski definition) is 2. The third-order valence-corrected chi connectivity index (χ3v) is 3.57. The molecule has 2 rings (SSSR count). The van der Waals surface area contributed by atoms with Gasteiger partial charge in [-0.05, 0) is 43.7 Å². The van der Waals surface area contributed by atoms with E-state index in [1.54, 1.807) is 0 Å². The van der Waals surface area contributed by atoms with Crippen LogP contribution in [0.4, 0.5) is 8.78 Å². The molecule has 0 spiro atoms. The molecule has 1 amide bonds. The zero-order valence-corrected chi connectivity index (χ0v) is 10.7. The molecule has 0 radical (unpaired) electrons. The fourth-order valence-corrected chi connectivity index (χ4v) is 2.42. The smallest absolute Gasteiger partial charge is 0.251 e. The van der Waals surface area contributed by atoms with Crippen LogP contribution >= 0.6 is 0 Å². The SMILES string of the molecule is NC1CCC(CNC(=O)c2cc(F)cc(F)c2)CC1. The summed E-state index contributed by atoms with van der Waals surface area (Å²) in [5, 5.41) is 2.72. The molecule has 1 aliphatic carbocycles. The van der Waals surface area contributed by atoms with E-state index in [-0.39, 0.29) is 11.6 Å². The third-order valence-electron chi connectivity index (χ3n) is 3.57. The van der Waals surface area contributed by atoms with E-state index in [0.29, 0.717) is 12.5 Å². The lowest BCUT2D eigenvalue weighted by molar-refractivity contribution is 0.0942. The Bertz CT molecular complexity index is 437. The summed E-state index contributed by atoms with van der Waals surface area (Å²) in [5.41, 5.74) is 5.83. The molecule has 0 aliphatic heterocycles. The number of carbonyl (C=O) groups excluding carboxylic acids is 1. The minimum absolute atomic E-state index is 0.0185. The fraction of sp³-hybridized carbons (Fsp3) is 0.500. The maximum absolute atomic E-state index is 13.0. The van der Waals surface area contributed by atoms with Crippen molar-refractivity contribution < 1.29 is 13.6 Å². The molecule has 1 fully saturated rings. The van der Waals surface area contributed by atoms with Crippen molar-refractivity contribution in [3.63, 3.8) is 0 Å². The molecule has 0 bridgehead atoms. The highest BCUT2D eigenvalue weighted by atomic mass is 19.1. The second-order valence-corrected chi connectivity index (χ2v) is 5.15. The molecular formula is C14H18F2N2O. The van der Waals surface area contributed by atoms with Gasteiger partial charge in [-0.3, -0.25) is 4.79 Å². The lowest BCUT2D eigenvalue weighted by Gasteiger charge is -2.26. The van der Waals surface area contributed by atoms with Crippen LogP contribution in [0.15, 0.2) is 18.2 Å². The molecule has 5 heteroatoms. The number of amides is 1. The van der Waals surface area contributed by atoms with E-state index < -0.39 is 17.5 Å². The molecule has 19 heavy (non-hydrogen) atoms. The van der Waals surface area contributed by atoms with Gasteiger partial charge in [0.1, 0.15) is 11.6 Å². The fourth-order valence-electron chi connectivity index (χ4n) is 2.42. The van der Waals surface area contributed by atoms with E-state index in [4.69, 9.17) is 5.73 Å². The summed E-state index contributed by atoms with van der Waals surface area (Å²) in [6.45, 7) is 0.531. The zero-order valence-electron chi connectivity index (χ0n) is 10.7. The average Bonchev–Trinajstić information content (AvgIpc) is 2.36. The largest absolute Gasteiger partial charge is 0.352 e. The van der Waals surface area contributed by atoms with E-state index >= 15 is 0 Å². The van der Waals surface area contributed by atoms with Crippen molar-refractivity contribution in [2.45, 2.75) is 31.7 Å². The van der Waals surface area contributed by atoms with E-state index in [2.05, 4.69) is 5.32 Å². The van der Waals surface area contributed by atoms with Crippen molar-refractivity contribution >= 4 is 5.91 Å². The average molecular weight is 268 g/mol. The highest BCUT2D eigenvalue weighted by Crippen LogP contribution is 2.22. The number of nitrogens with two attached hydrogens (primary N) is 1. The second kappa shape index (κ2) is 6.10. The minimum Gasteiger partial charge on any atom is -0.352 e. The van der Waals surface area contributed by atoms with Crippen molar-refractivity contribution in [2.75, 3.05) is 6.54 Å². The van der Waals surface area contributed by atoms with Gasteiger partial charge in [-0.2, -0.15) is 0 Å². The van der Waals surface area contributed by atoms with E-state index in [9.17, 15) is 13.6 Å². The van der Waals surface area contributed by atoms with Gasteiger partial charge >= 0.3 is 0 Å². The second-order valence-electron chi connectivity index (χ2n) is 5.15. The normalized spacial score (nSPS) is 23.1. The van der Waals surface area contributed by atoms with Crippen LogP contribution in [0, 0.1) is 17.6 Å². The molecular weight excluding hydrogens is 250 g/mol. The van der Waals surface area contributed by atoms with E-state index in [1.807, 2.05) is 0 Å². The van der Waals surface area contributed by atoms with E-state index in [1.165, 1.54) is 0 Å². The molecule has 0 unspecified atom stereocenters. The quantitative estimate of drug-likeness (QED) is 0.883. The molecule has 1 aromatic rings. The van der Waals surface area contributed by atoms with E-state index in [0.717, 1.165) is 43.9 Å². The van der Waals surface area contributed by atoms with Gasteiger partial charge in [-0.25, -0.2) is 8.78 Å². The lowest BCUT2D eigenvalue weighted by Crippen LogP contribution is -2.34. The number of benzene rings is 1. The van der Waals surface area contributed by atoms with Gasteiger partial charge in [0.15, 0.2) is 0 Å². The van der Waals surface area contributed by atoms with Gasteiger partial charge in [0.25, 0.3) is 5.91 Å². The number of rotatable bonds is 3. The molecule has 3 N–H and O–H groups in total. The van der Waals surface area contributed by atoms with Gasteiger partial charge in [-0.15, -0.1) is 0 Å². The number of nitrogens with one attached hydrogen (secondary N) is 1. The first-order chi connectivity index (χ1) is 9.04. The molecule has 0 atom stereocenters. The van der Waals surface area contributed by atoms with Crippen LogP contribution in [0.25, 0.3) is 0 Å². The molecule has 3 nitrogen and oxygen atoms in total. The van der Waals surface area contributed by atoms with Crippen molar-refractivity contribution in [3.8, 4) is 0 Å². The number of hydrogen-bond acceptors (Lipinski definition) is 2. The van der Waals surface area contributed by atoms with Crippen molar-refractivity contribution in [1.82, 2.24) is 5.32 Å². The Balaban J connectivity index is 1.87. The van der Waals surface area contributed by atoms with Crippen LogP contribution in [0.2, 0.25) is 0 Å². The third kappa shape index (κ3) is 3.99. The van der Waals surface area contributed by atoms with Crippen LogP contribution in [0.1, 0.15) is 36.0 Å². The summed E-state index contributed by atoms with van der Waals surface area (Å²) in [6.07, 6.45) is 3.90. The highest BCUT2D eigenvalue weighted by Gasteiger charge is 2.19. The Morgan fingerprint density at radius 2 is 1.74 bits per heavy atom. The van der Waals surface area contributed by atoms with Crippen LogP contribution in [0.3, 0.4) is 0 Å². The van der Waals surface area contributed by atoms with Crippen molar-refractivity contribution in [3.05, 3.63) is 35.4 Å². The van der Waals surface area contributed by atoms with Crippen LogP contribution < -0.4 is 11.1 Å². The standard InChI is InChI=1S/C14H18F2N2O/c15-11-5-10(6-12(16)7-11)14(19)18-8-9-1-3-13(17)4-2-9/h5-7,9,13H,1-4,8,17H2,(H,18,19). The van der Waals surface area contributed by atoms with Gasteiger partial charge in [0.2, 0.25) is 0 Å². The Hall–Kier alpha value is -1.49. The molecule has 1 aliphatic rings. The van der Waals surface area contributed by atoms with Crippen LogP contribution in [-0.2, 0) is 0 Å². The summed E-state index contributed by atoms with van der Waals surface area (Å²) < 4.78 is 26.0. The topological polar surface area (TPSA) is 55.1 Å². The van der Waals surface area contributed by atoms with Gasteiger partial charge in [0, 0.05) is 24.2 Å². The predicted molar refractivity (Wildman–Crippen MR) is 68.6 cm³/mol. The Kier molecular flexibility index (Phi) is 4.47. The molecule has 0 aromatic heterocycles. The van der Waals surface area contributed by atoms with Gasteiger partial charge in [-0.1, -0.05) is 0 Å². The molecule has 0 heterocycles. The molecule has 104 valence electrons. The number of carbonyl (C=O) groups is 1. The summed E-state index contributed by atoms with van der Waals surface area (Å²) in [7, 11) is 0. The maximum Gasteiger partial charge on any atom is 0.251 e. The Morgan fingerprint density at radius 1 is 1.16 bits per heavy atom. The first kappa shape index (κ1) is 13.9. The monoisotopic (exact) mass is 268 g/mol. The summed E-state index contributed by atoms with van der Waals surface area (Å²) in [4.78, 5) is 11.8.